The molecule has 21 heavy (non-hydrogen) atoms. The van der Waals surface area contributed by atoms with E-state index < -0.39 is 6.10 Å². The van der Waals surface area contributed by atoms with Gasteiger partial charge in [0.15, 0.2) is 0 Å². The summed E-state index contributed by atoms with van der Waals surface area (Å²) >= 11 is 0. The number of ether oxygens (including phenoxy) is 1. The highest BCUT2D eigenvalue weighted by Crippen LogP contribution is 2.13. The Morgan fingerprint density at radius 3 is 1.71 bits per heavy atom. The van der Waals surface area contributed by atoms with Gasteiger partial charge in [0.05, 0.1) is 19.8 Å². The first-order valence-electron chi connectivity index (χ1n) is 8.56. The predicted octanol–water partition coefficient (Wildman–Crippen LogP) is 3.58. The van der Waals surface area contributed by atoms with Gasteiger partial charge in [-0.3, -0.25) is 4.79 Å². The lowest BCUT2D eigenvalue weighted by Crippen LogP contribution is -2.10. The second-order valence-electron chi connectivity index (χ2n) is 5.84. The Kier molecular flexibility index (Phi) is 15.3. The van der Waals surface area contributed by atoms with Gasteiger partial charge in [-0.2, -0.15) is 0 Å². The molecular formula is C17H34O4. The van der Waals surface area contributed by atoms with E-state index in [0.717, 1.165) is 32.1 Å². The first-order chi connectivity index (χ1) is 10.2. The standard InChI is InChI=1S/C17H34O4/c1-21-17(20)14-12-10-8-6-4-2-3-5-7-9-11-13-16(19)15-18/h16,18-19H,2-15H2,1H3/t16-/m0/s1. The molecule has 1 atom stereocenters. The van der Waals surface area contributed by atoms with Crippen LogP contribution < -0.4 is 0 Å². The molecule has 0 saturated carbocycles. The maximum Gasteiger partial charge on any atom is 0.305 e. The summed E-state index contributed by atoms with van der Waals surface area (Å²) in [5.74, 6) is -0.0958. The summed E-state index contributed by atoms with van der Waals surface area (Å²) in [6.07, 6.45) is 13.9. The number of unbranched alkanes of at least 4 members (excludes halogenated alkanes) is 10. The second-order valence-corrected chi connectivity index (χ2v) is 5.84. The predicted molar refractivity (Wildman–Crippen MR) is 85.1 cm³/mol. The Bertz CT molecular complexity index is 231. The third-order valence-electron chi connectivity index (χ3n) is 3.86. The van der Waals surface area contributed by atoms with Crippen LogP contribution in [0, 0.1) is 0 Å². The molecule has 0 bridgehead atoms. The Hall–Kier alpha value is -0.610. The minimum Gasteiger partial charge on any atom is -0.469 e. The van der Waals surface area contributed by atoms with E-state index >= 15 is 0 Å². The Morgan fingerprint density at radius 1 is 0.857 bits per heavy atom. The largest absolute Gasteiger partial charge is 0.469 e. The van der Waals surface area contributed by atoms with Gasteiger partial charge < -0.3 is 14.9 Å². The van der Waals surface area contributed by atoms with Crippen LogP contribution in [-0.2, 0) is 9.53 Å². The highest BCUT2D eigenvalue weighted by atomic mass is 16.5. The molecule has 0 aliphatic heterocycles. The molecule has 0 rings (SSSR count). The monoisotopic (exact) mass is 302 g/mol. The Morgan fingerprint density at radius 2 is 1.29 bits per heavy atom. The average Bonchev–Trinajstić information content (AvgIpc) is 2.51. The molecule has 0 spiro atoms. The quantitative estimate of drug-likeness (QED) is 0.358. The van der Waals surface area contributed by atoms with Crippen LogP contribution in [0.2, 0.25) is 0 Å². The van der Waals surface area contributed by atoms with Crippen LogP contribution in [0.15, 0.2) is 0 Å². The minimum atomic E-state index is -0.524. The van der Waals surface area contributed by atoms with Gasteiger partial charge >= 0.3 is 5.97 Å². The number of carbonyl (C=O) groups excluding carboxylic acids is 1. The normalized spacial score (nSPS) is 12.3. The molecule has 4 nitrogen and oxygen atoms in total. The molecule has 0 aromatic rings. The van der Waals surface area contributed by atoms with Crippen molar-refractivity contribution in [2.24, 2.45) is 0 Å². The SMILES string of the molecule is COC(=O)CCCCCCCCCCCCC[C@H](O)CO. The number of carbonyl (C=O) groups is 1. The van der Waals surface area contributed by atoms with Crippen LogP contribution in [-0.4, -0.2) is 36.0 Å². The van der Waals surface area contributed by atoms with E-state index in [1.54, 1.807) is 0 Å². The van der Waals surface area contributed by atoms with Crippen LogP contribution in [0.5, 0.6) is 0 Å². The molecule has 0 aliphatic carbocycles. The van der Waals surface area contributed by atoms with Gasteiger partial charge in [-0.05, 0) is 12.8 Å². The number of aliphatic hydroxyl groups is 2. The zero-order valence-corrected chi connectivity index (χ0v) is 13.7. The van der Waals surface area contributed by atoms with Crippen LogP contribution in [0.3, 0.4) is 0 Å². The van der Waals surface area contributed by atoms with Gasteiger partial charge in [0.2, 0.25) is 0 Å². The molecule has 0 aliphatic rings. The van der Waals surface area contributed by atoms with Crippen molar-refractivity contribution in [2.75, 3.05) is 13.7 Å². The molecule has 0 amide bonds. The van der Waals surface area contributed by atoms with Gasteiger partial charge in [-0.25, -0.2) is 0 Å². The fourth-order valence-corrected chi connectivity index (χ4v) is 2.43. The summed E-state index contributed by atoms with van der Waals surface area (Å²) in [6, 6.07) is 0. The molecular weight excluding hydrogens is 268 g/mol. The molecule has 0 radical (unpaired) electrons. The van der Waals surface area contributed by atoms with Gasteiger partial charge in [0, 0.05) is 6.42 Å². The van der Waals surface area contributed by atoms with Crippen LogP contribution in [0.25, 0.3) is 0 Å². The fraction of sp³-hybridized carbons (Fsp3) is 0.941. The van der Waals surface area contributed by atoms with E-state index in [-0.39, 0.29) is 12.6 Å². The van der Waals surface area contributed by atoms with Crippen molar-refractivity contribution in [1.29, 1.82) is 0 Å². The molecule has 126 valence electrons. The summed E-state index contributed by atoms with van der Waals surface area (Å²) < 4.78 is 4.60. The maximum absolute atomic E-state index is 10.9. The van der Waals surface area contributed by atoms with Crippen molar-refractivity contribution < 1.29 is 19.7 Å². The summed E-state index contributed by atoms with van der Waals surface area (Å²) in [6.45, 7) is -0.111. The van der Waals surface area contributed by atoms with Crippen LogP contribution in [0.1, 0.15) is 83.5 Å². The summed E-state index contributed by atoms with van der Waals surface area (Å²) in [5.41, 5.74) is 0. The number of methoxy groups -OCH3 is 1. The lowest BCUT2D eigenvalue weighted by Gasteiger charge is -2.06. The van der Waals surface area contributed by atoms with E-state index in [0.29, 0.717) is 6.42 Å². The van der Waals surface area contributed by atoms with Gasteiger partial charge in [-0.1, -0.05) is 64.2 Å². The van der Waals surface area contributed by atoms with Crippen molar-refractivity contribution in [3.63, 3.8) is 0 Å². The number of aliphatic hydroxyl groups excluding tert-OH is 2. The van der Waals surface area contributed by atoms with E-state index in [4.69, 9.17) is 5.11 Å². The van der Waals surface area contributed by atoms with Gasteiger partial charge in [-0.15, -0.1) is 0 Å². The van der Waals surface area contributed by atoms with Crippen LogP contribution >= 0.6 is 0 Å². The van der Waals surface area contributed by atoms with Crippen molar-refractivity contribution in [2.45, 2.75) is 89.6 Å². The second kappa shape index (κ2) is 15.8. The van der Waals surface area contributed by atoms with Gasteiger partial charge in [0.1, 0.15) is 0 Å². The fourth-order valence-electron chi connectivity index (χ4n) is 2.43. The zero-order valence-electron chi connectivity index (χ0n) is 13.7. The van der Waals surface area contributed by atoms with Crippen LogP contribution in [0.4, 0.5) is 0 Å². The van der Waals surface area contributed by atoms with Crippen molar-refractivity contribution in [3.8, 4) is 0 Å². The minimum absolute atomic E-state index is 0.0958. The number of hydrogen-bond acceptors (Lipinski definition) is 4. The molecule has 0 saturated heterocycles. The molecule has 4 heteroatoms. The summed E-state index contributed by atoms with van der Waals surface area (Å²) in [5, 5.41) is 17.9. The Labute approximate surface area is 129 Å². The van der Waals surface area contributed by atoms with Gasteiger partial charge in [0.25, 0.3) is 0 Å². The summed E-state index contributed by atoms with van der Waals surface area (Å²) in [7, 11) is 1.44. The zero-order chi connectivity index (χ0) is 15.8. The smallest absolute Gasteiger partial charge is 0.305 e. The molecule has 0 fully saturated rings. The maximum atomic E-state index is 10.9. The lowest BCUT2D eigenvalue weighted by atomic mass is 10.0. The third kappa shape index (κ3) is 15.6. The molecule has 0 aromatic carbocycles. The van der Waals surface area contributed by atoms with Crippen molar-refractivity contribution in [3.05, 3.63) is 0 Å². The molecule has 0 aromatic heterocycles. The molecule has 2 N–H and O–H groups in total. The van der Waals surface area contributed by atoms with Crippen molar-refractivity contribution in [1.82, 2.24) is 0 Å². The highest BCUT2D eigenvalue weighted by molar-refractivity contribution is 5.68. The molecule has 0 heterocycles. The average molecular weight is 302 g/mol. The number of hydrogen-bond donors (Lipinski definition) is 2. The van der Waals surface area contributed by atoms with E-state index in [9.17, 15) is 9.90 Å². The first kappa shape index (κ1) is 20.4. The van der Waals surface area contributed by atoms with E-state index in [1.165, 1.54) is 52.1 Å². The third-order valence-corrected chi connectivity index (χ3v) is 3.86. The van der Waals surface area contributed by atoms with Crippen molar-refractivity contribution >= 4 is 5.97 Å². The summed E-state index contributed by atoms with van der Waals surface area (Å²) in [4.78, 5) is 10.9. The number of rotatable bonds is 15. The first-order valence-corrected chi connectivity index (χ1v) is 8.56. The molecule has 0 unspecified atom stereocenters. The Balaban J connectivity index is 3.04. The number of esters is 1. The van der Waals surface area contributed by atoms with E-state index in [2.05, 4.69) is 4.74 Å². The highest BCUT2D eigenvalue weighted by Gasteiger charge is 2.01. The van der Waals surface area contributed by atoms with E-state index in [1.807, 2.05) is 0 Å². The lowest BCUT2D eigenvalue weighted by molar-refractivity contribution is -0.140. The topological polar surface area (TPSA) is 66.8 Å².